The Bertz CT molecular complexity index is 346. The van der Waals surface area contributed by atoms with Gasteiger partial charge in [-0.05, 0) is 13.0 Å². The number of Topliss-reactive ketones (excluding diaryl/α,β-unsaturated/α-hetero) is 1. The summed E-state index contributed by atoms with van der Waals surface area (Å²) in [6.07, 6.45) is 1.50. The number of hydrogen-bond donors (Lipinski definition) is 1. The Morgan fingerprint density at radius 1 is 1.57 bits per heavy atom. The Hall–Kier alpha value is -1.10. The van der Waals surface area contributed by atoms with Crippen LogP contribution < -0.4 is 0 Å². The molecule has 0 radical (unpaired) electrons. The SMILES string of the molecule is CCOC(=O)c1cc(C(=O)CBr)c[nH]1. The minimum absolute atomic E-state index is 0.0724. The molecule has 0 aliphatic rings. The number of aromatic amines is 1. The van der Waals surface area contributed by atoms with Crippen molar-refractivity contribution in [3.05, 3.63) is 23.5 Å². The zero-order valence-corrected chi connectivity index (χ0v) is 9.26. The second-order valence-corrected chi connectivity index (χ2v) is 3.14. The monoisotopic (exact) mass is 259 g/mol. The first-order valence-electron chi connectivity index (χ1n) is 4.13. The van der Waals surface area contributed by atoms with Crippen molar-refractivity contribution < 1.29 is 14.3 Å². The zero-order chi connectivity index (χ0) is 10.6. The van der Waals surface area contributed by atoms with Gasteiger partial charge in [0, 0.05) is 11.8 Å². The average molecular weight is 260 g/mol. The predicted molar refractivity (Wildman–Crippen MR) is 54.9 cm³/mol. The standard InChI is InChI=1S/C9H10BrNO3/c1-2-14-9(13)7-3-6(5-11-7)8(12)4-10/h3,5,11H,2,4H2,1H3. The summed E-state index contributed by atoms with van der Waals surface area (Å²) in [5, 5.41) is 0.243. The topological polar surface area (TPSA) is 59.2 Å². The summed E-state index contributed by atoms with van der Waals surface area (Å²) in [5.74, 6) is -0.516. The Morgan fingerprint density at radius 3 is 2.86 bits per heavy atom. The van der Waals surface area contributed by atoms with E-state index >= 15 is 0 Å². The van der Waals surface area contributed by atoms with Gasteiger partial charge in [0.15, 0.2) is 5.78 Å². The van der Waals surface area contributed by atoms with Crippen LogP contribution in [0.5, 0.6) is 0 Å². The van der Waals surface area contributed by atoms with E-state index in [4.69, 9.17) is 4.74 Å². The lowest BCUT2D eigenvalue weighted by Gasteiger charge is -1.96. The van der Waals surface area contributed by atoms with Crippen LogP contribution in [0.3, 0.4) is 0 Å². The minimum atomic E-state index is -0.443. The van der Waals surface area contributed by atoms with Crippen LogP contribution in [0.15, 0.2) is 12.3 Å². The summed E-state index contributed by atoms with van der Waals surface area (Å²) in [7, 11) is 0. The predicted octanol–water partition coefficient (Wildman–Crippen LogP) is 1.77. The molecule has 1 aromatic rings. The van der Waals surface area contributed by atoms with Crippen molar-refractivity contribution in [3.8, 4) is 0 Å². The molecule has 0 bridgehead atoms. The van der Waals surface area contributed by atoms with Gasteiger partial charge in [-0.3, -0.25) is 4.79 Å². The zero-order valence-electron chi connectivity index (χ0n) is 7.67. The van der Waals surface area contributed by atoms with Crippen molar-refractivity contribution in [2.24, 2.45) is 0 Å². The Labute approximate surface area is 89.8 Å². The number of H-pyrrole nitrogens is 1. The summed E-state index contributed by atoms with van der Waals surface area (Å²) in [6.45, 7) is 2.05. The third-order valence-electron chi connectivity index (χ3n) is 1.62. The van der Waals surface area contributed by atoms with Crippen LogP contribution >= 0.6 is 15.9 Å². The van der Waals surface area contributed by atoms with Crippen LogP contribution in [-0.4, -0.2) is 28.7 Å². The minimum Gasteiger partial charge on any atom is -0.461 e. The molecule has 5 heteroatoms. The van der Waals surface area contributed by atoms with Crippen molar-refractivity contribution in [1.82, 2.24) is 4.98 Å². The van der Waals surface area contributed by atoms with E-state index in [1.165, 1.54) is 12.3 Å². The number of esters is 1. The molecule has 0 aliphatic heterocycles. The number of ketones is 1. The van der Waals surface area contributed by atoms with Gasteiger partial charge in [0.1, 0.15) is 5.69 Å². The highest BCUT2D eigenvalue weighted by Crippen LogP contribution is 2.07. The van der Waals surface area contributed by atoms with Crippen molar-refractivity contribution in [2.75, 3.05) is 11.9 Å². The molecule has 0 saturated heterocycles. The molecule has 1 heterocycles. The molecule has 0 aliphatic carbocycles. The normalized spacial score (nSPS) is 9.86. The van der Waals surface area contributed by atoms with E-state index in [1.54, 1.807) is 6.92 Å². The Balaban J connectivity index is 2.77. The summed E-state index contributed by atoms with van der Waals surface area (Å²) in [4.78, 5) is 25.1. The van der Waals surface area contributed by atoms with E-state index in [-0.39, 0.29) is 11.1 Å². The van der Waals surface area contributed by atoms with Crippen molar-refractivity contribution in [2.45, 2.75) is 6.92 Å². The molecule has 1 rings (SSSR count). The highest BCUT2D eigenvalue weighted by atomic mass is 79.9. The van der Waals surface area contributed by atoms with E-state index in [0.29, 0.717) is 17.9 Å². The maximum atomic E-state index is 11.2. The van der Waals surface area contributed by atoms with Gasteiger partial charge in [-0.25, -0.2) is 4.79 Å². The largest absolute Gasteiger partial charge is 0.461 e. The maximum Gasteiger partial charge on any atom is 0.354 e. The molecule has 0 saturated carbocycles. The number of nitrogens with one attached hydrogen (secondary N) is 1. The fourth-order valence-electron chi connectivity index (χ4n) is 0.959. The molecule has 0 amide bonds. The van der Waals surface area contributed by atoms with Crippen LogP contribution in [-0.2, 0) is 4.74 Å². The van der Waals surface area contributed by atoms with Crippen LogP contribution in [0.25, 0.3) is 0 Å². The fraction of sp³-hybridized carbons (Fsp3) is 0.333. The van der Waals surface area contributed by atoms with Gasteiger partial charge in [-0.15, -0.1) is 0 Å². The average Bonchev–Trinajstić information content (AvgIpc) is 2.66. The molecule has 1 N–H and O–H groups in total. The number of halogens is 1. The van der Waals surface area contributed by atoms with Gasteiger partial charge >= 0.3 is 5.97 Å². The van der Waals surface area contributed by atoms with Crippen LogP contribution in [0.4, 0.5) is 0 Å². The second-order valence-electron chi connectivity index (χ2n) is 2.58. The van der Waals surface area contributed by atoms with E-state index < -0.39 is 5.97 Å². The number of carbonyl (C=O) groups excluding carboxylic acids is 2. The van der Waals surface area contributed by atoms with Gasteiger partial charge in [0.25, 0.3) is 0 Å². The van der Waals surface area contributed by atoms with Crippen molar-refractivity contribution in [3.63, 3.8) is 0 Å². The number of ether oxygens (including phenoxy) is 1. The van der Waals surface area contributed by atoms with E-state index in [0.717, 1.165) is 0 Å². The van der Waals surface area contributed by atoms with Gasteiger partial charge < -0.3 is 9.72 Å². The summed E-state index contributed by atoms with van der Waals surface area (Å²) >= 11 is 3.05. The van der Waals surface area contributed by atoms with Crippen LogP contribution in [0.2, 0.25) is 0 Å². The third kappa shape index (κ3) is 2.45. The van der Waals surface area contributed by atoms with E-state index in [9.17, 15) is 9.59 Å². The van der Waals surface area contributed by atoms with Crippen LogP contribution in [0.1, 0.15) is 27.8 Å². The summed E-state index contributed by atoms with van der Waals surface area (Å²) in [5.41, 5.74) is 0.779. The molecule has 14 heavy (non-hydrogen) atoms. The molecular formula is C9H10BrNO3. The second kappa shape index (κ2) is 4.95. The summed E-state index contributed by atoms with van der Waals surface area (Å²) in [6, 6.07) is 1.49. The lowest BCUT2D eigenvalue weighted by atomic mass is 10.2. The van der Waals surface area contributed by atoms with E-state index in [2.05, 4.69) is 20.9 Å². The van der Waals surface area contributed by atoms with Crippen LogP contribution in [0, 0.1) is 0 Å². The van der Waals surface area contributed by atoms with Crippen molar-refractivity contribution >= 4 is 27.7 Å². The first kappa shape index (κ1) is 11.0. The smallest absolute Gasteiger partial charge is 0.354 e. The number of hydrogen-bond acceptors (Lipinski definition) is 3. The molecular weight excluding hydrogens is 250 g/mol. The molecule has 0 atom stereocenters. The fourth-order valence-corrected chi connectivity index (χ4v) is 1.28. The summed E-state index contributed by atoms with van der Waals surface area (Å²) < 4.78 is 4.76. The molecule has 0 aromatic carbocycles. The van der Waals surface area contributed by atoms with Gasteiger partial charge in [0.05, 0.1) is 11.9 Å². The number of aromatic nitrogens is 1. The number of carbonyl (C=O) groups is 2. The van der Waals surface area contributed by atoms with Crippen molar-refractivity contribution in [1.29, 1.82) is 0 Å². The molecule has 1 aromatic heterocycles. The van der Waals surface area contributed by atoms with Gasteiger partial charge in [-0.1, -0.05) is 15.9 Å². The molecule has 0 unspecified atom stereocenters. The maximum absolute atomic E-state index is 11.2. The lowest BCUT2D eigenvalue weighted by molar-refractivity contribution is 0.0520. The quantitative estimate of drug-likeness (QED) is 0.510. The van der Waals surface area contributed by atoms with E-state index in [1.807, 2.05) is 0 Å². The first-order chi connectivity index (χ1) is 6.69. The van der Waals surface area contributed by atoms with Gasteiger partial charge in [0.2, 0.25) is 0 Å². The molecule has 76 valence electrons. The third-order valence-corrected chi connectivity index (χ3v) is 2.13. The Morgan fingerprint density at radius 2 is 2.29 bits per heavy atom. The van der Waals surface area contributed by atoms with Gasteiger partial charge in [-0.2, -0.15) is 0 Å². The molecule has 4 nitrogen and oxygen atoms in total. The molecule has 0 fully saturated rings. The molecule has 0 spiro atoms. The lowest BCUT2D eigenvalue weighted by Crippen LogP contribution is -2.04. The Kier molecular flexibility index (Phi) is 3.88. The number of rotatable bonds is 4. The highest BCUT2D eigenvalue weighted by Gasteiger charge is 2.12. The highest BCUT2D eigenvalue weighted by molar-refractivity contribution is 9.09. The number of alkyl halides is 1. The first-order valence-corrected chi connectivity index (χ1v) is 5.26.